The number of nitrogens with zero attached hydrogens (tertiary/aromatic N) is 1. The monoisotopic (exact) mass is 348 g/mol. The molecule has 0 radical (unpaired) electrons. The Balaban J connectivity index is 1.94. The molecule has 3 rings (SSSR count). The van der Waals surface area contributed by atoms with Crippen LogP contribution in [0.2, 0.25) is 0 Å². The number of benzene rings is 1. The number of hydrogen-bond donors (Lipinski definition) is 1. The topological polar surface area (TPSA) is 86.3 Å². The van der Waals surface area contributed by atoms with Gasteiger partial charge in [-0.15, -0.1) is 0 Å². The summed E-state index contributed by atoms with van der Waals surface area (Å²) < 4.78 is 20.9. The number of fused-ring (bicyclic) bond motifs is 1. The Kier molecular flexibility index (Phi) is 4.80. The van der Waals surface area contributed by atoms with Gasteiger partial charge in [-0.2, -0.15) is 0 Å². The molecule has 1 aromatic carbocycles. The molecule has 0 spiro atoms. The van der Waals surface area contributed by atoms with Gasteiger partial charge in [0, 0.05) is 19.9 Å². The summed E-state index contributed by atoms with van der Waals surface area (Å²) in [5, 5.41) is 2.83. The number of rotatable bonds is 5. The fourth-order valence-electron chi connectivity index (χ4n) is 2.74. The first kappa shape index (κ1) is 17.1. The molecule has 0 aromatic heterocycles. The summed E-state index contributed by atoms with van der Waals surface area (Å²) in [5.41, 5.74) is 1.62. The molecule has 1 aromatic rings. The molecule has 25 heavy (non-hydrogen) atoms. The van der Waals surface area contributed by atoms with Crippen LogP contribution in [0.25, 0.3) is 0 Å². The summed E-state index contributed by atoms with van der Waals surface area (Å²) in [6.45, 7) is 2.30. The summed E-state index contributed by atoms with van der Waals surface area (Å²) in [5.74, 6) is 0.715. The summed E-state index contributed by atoms with van der Waals surface area (Å²) >= 11 is 0. The zero-order valence-electron chi connectivity index (χ0n) is 14.3. The van der Waals surface area contributed by atoms with E-state index in [9.17, 15) is 9.59 Å². The third-order valence-electron chi connectivity index (χ3n) is 4.22. The number of carbonyl (C=O) groups excluding carboxylic acids is 2. The molecule has 2 aliphatic heterocycles. The van der Waals surface area contributed by atoms with E-state index in [0.29, 0.717) is 34.9 Å². The Hall–Kier alpha value is -2.74. The number of ether oxygens (including phenoxy) is 4. The lowest BCUT2D eigenvalue weighted by Crippen LogP contribution is -2.46. The molecule has 8 heteroatoms. The fourth-order valence-corrected chi connectivity index (χ4v) is 2.74. The number of allylic oxidation sites excluding steroid dienone is 1. The standard InChI is InChI=1S/C17H20N2O6/c1-10-14(16(20)23-7-6-22-3)15(18-17(21)19(10)2)11-4-5-12-13(8-11)25-9-24-12/h4-5,8,15H,6-7,9H2,1-3H3,(H,18,21)/t15-/m0/s1. The molecule has 0 aliphatic carbocycles. The second-order valence-electron chi connectivity index (χ2n) is 5.68. The van der Waals surface area contributed by atoms with Crippen molar-refractivity contribution in [2.75, 3.05) is 34.2 Å². The summed E-state index contributed by atoms with van der Waals surface area (Å²) in [6.07, 6.45) is 0. The average Bonchev–Trinajstić information content (AvgIpc) is 3.07. The molecular weight excluding hydrogens is 328 g/mol. The van der Waals surface area contributed by atoms with E-state index in [4.69, 9.17) is 18.9 Å². The van der Waals surface area contributed by atoms with Gasteiger partial charge in [0.15, 0.2) is 11.5 Å². The van der Waals surface area contributed by atoms with Crippen LogP contribution in [0, 0.1) is 0 Å². The molecule has 2 aliphatic rings. The molecule has 0 saturated carbocycles. The van der Waals surface area contributed by atoms with Gasteiger partial charge in [0.05, 0.1) is 18.2 Å². The van der Waals surface area contributed by atoms with E-state index in [1.54, 1.807) is 32.2 Å². The third kappa shape index (κ3) is 3.25. The Bertz CT molecular complexity index is 730. The normalized spacial score (nSPS) is 19.1. The van der Waals surface area contributed by atoms with Crippen LogP contribution in [0.3, 0.4) is 0 Å². The molecule has 134 valence electrons. The zero-order valence-corrected chi connectivity index (χ0v) is 14.3. The lowest BCUT2D eigenvalue weighted by molar-refractivity contribution is -0.140. The Morgan fingerprint density at radius 2 is 2.08 bits per heavy atom. The number of urea groups is 1. The molecule has 0 fully saturated rings. The smallest absolute Gasteiger partial charge is 0.338 e. The first-order valence-electron chi connectivity index (χ1n) is 7.83. The Morgan fingerprint density at radius 3 is 2.84 bits per heavy atom. The van der Waals surface area contributed by atoms with Crippen molar-refractivity contribution < 1.29 is 28.5 Å². The highest BCUT2D eigenvalue weighted by Gasteiger charge is 2.35. The van der Waals surface area contributed by atoms with Crippen molar-refractivity contribution >= 4 is 12.0 Å². The van der Waals surface area contributed by atoms with Crippen LogP contribution in [-0.4, -0.2) is 51.1 Å². The molecule has 8 nitrogen and oxygen atoms in total. The maximum atomic E-state index is 12.6. The highest BCUT2D eigenvalue weighted by atomic mass is 16.7. The van der Waals surface area contributed by atoms with Gasteiger partial charge >= 0.3 is 12.0 Å². The van der Waals surface area contributed by atoms with Crippen molar-refractivity contribution in [3.05, 3.63) is 35.0 Å². The summed E-state index contributed by atoms with van der Waals surface area (Å²) in [7, 11) is 3.13. The van der Waals surface area contributed by atoms with Crippen LogP contribution in [0.5, 0.6) is 11.5 Å². The van der Waals surface area contributed by atoms with Gasteiger partial charge in [-0.1, -0.05) is 6.07 Å². The van der Waals surface area contributed by atoms with Crippen molar-refractivity contribution in [2.24, 2.45) is 0 Å². The highest BCUT2D eigenvalue weighted by molar-refractivity contribution is 5.95. The van der Waals surface area contributed by atoms with Crippen LogP contribution in [0.1, 0.15) is 18.5 Å². The molecule has 2 amide bonds. The lowest BCUT2D eigenvalue weighted by Gasteiger charge is -2.33. The number of amides is 2. The number of hydrogen-bond acceptors (Lipinski definition) is 6. The SMILES string of the molecule is COCCOC(=O)C1=C(C)N(C)C(=O)N[C@H]1c1ccc2c(c1)OCO2. The number of carbonyl (C=O) groups is 2. The first-order valence-corrected chi connectivity index (χ1v) is 7.83. The van der Waals surface area contributed by atoms with Crippen LogP contribution in [0.15, 0.2) is 29.5 Å². The number of nitrogens with one attached hydrogen (secondary N) is 1. The Morgan fingerprint density at radius 1 is 1.32 bits per heavy atom. The minimum Gasteiger partial charge on any atom is -0.460 e. The van der Waals surface area contributed by atoms with Gasteiger partial charge in [0.1, 0.15) is 6.61 Å². The average molecular weight is 348 g/mol. The quantitative estimate of drug-likeness (QED) is 0.642. The van der Waals surface area contributed by atoms with Gasteiger partial charge in [-0.05, 0) is 24.6 Å². The molecule has 0 saturated heterocycles. The maximum Gasteiger partial charge on any atom is 0.338 e. The zero-order chi connectivity index (χ0) is 18.0. The van der Waals surface area contributed by atoms with E-state index in [1.165, 1.54) is 12.0 Å². The van der Waals surface area contributed by atoms with Crippen molar-refractivity contribution in [2.45, 2.75) is 13.0 Å². The number of esters is 1. The molecule has 0 bridgehead atoms. The van der Waals surface area contributed by atoms with Gasteiger partial charge in [-0.3, -0.25) is 0 Å². The predicted molar refractivity (Wildman–Crippen MR) is 87.1 cm³/mol. The van der Waals surface area contributed by atoms with E-state index in [2.05, 4.69) is 5.32 Å². The van der Waals surface area contributed by atoms with Crippen LogP contribution < -0.4 is 14.8 Å². The van der Waals surface area contributed by atoms with Crippen LogP contribution in [-0.2, 0) is 14.3 Å². The molecular formula is C17H20N2O6. The number of methoxy groups -OCH3 is 1. The molecule has 1 N–H and O–H groups in total. The fraction of sp³-hybridized carbons (Fsp3) is 0.412. The van der Waals surface area contributed by atoms with E-state index in [0.717, 1.165) is 0 Å². The molecule has 1 atom stereocenters. The van der Waals surface area contributed by atoms with E-state index < -0.39 is 12.0 Å². The van der Waals surface area contributed by atoms with E-state index >= 15 is 0 Å². The van der Waals surface area contributed by atoms with Gasteiger partial charge in [0.25, 0.3) is 0 Å². The second-order valence-corrected chi connectivity index (χ2v) is 5.68. The predicted octanol–water partition coefficient (Wildman–Crippen LogP) is 1.58. The summed E-state index contributed by atoms with van der Waals surface area (Å²) in [6, 6.07) is 4.38. The van der Waals surface area contributed by atoms with E-state index in [-0.39, 0.29) is 19.4 Å². The van der Waals surface area contributed by atoms with Crippen molar-refractivity contribution in [1.29, 1.82) is 0 Å². The minimum absolute atomic E-state index is 0.137. The summed E-state index contributed by atoms with van der Waals surface area (Å²) in [4.78, 5) is 26.2. The van der Waals surface area contributed by atoms with Gasteiger partial charge in [0.2, 0.25) is 6.79 Å². The van der Waals surface area contributed by atoms with E-state index in [1.807, 2.05) is 0 Å². The highest BCUT2D eigenvalue weighted by Crippen LogP contribution is 2.37. The lowest BCUT2D eigenvalue weighted by atomic mass is 9.95. The van der Waals surface area contributed by atoms with Crippen molar-refractivity contribution in [3.63, 3.8) is 0 Å². The minimum atomic E-state index is -0.631. The van der Waals surface area contributed by atoms with Crippen molar-refractivity contribution in [1.82, 2.24) is 10.2 Å². The Labute approximate surface area is 145 Å². The van der Waals surface area contributed by atoms with Gasteiger partial charge in [-0.25, -0.2) is 9.59 Å². The van der Waals surface area contributed by atoms with Crippen molar-refractivity contribution in [3.8, 4) is 11.5 Å². The maximum absolute atomic E-state index is 12.6. The third-order valence-corrected chi connectivity index (χ3v) is 4.22. The van der Waals surface area contributed by atoms with Gasteiger partial charge < -0.3 is 29.2 Å². The first-order chi connectivity index (χ1) is 12.0. The van der Waals surface area contributed by atoms with Crippen LogP contribution in [0.4, 0.5) is 4.79 Å². The second kappa shape index (κ2) is 7.02. The molecule has 0 unspecified atom stereocenters. The molecule has 2 heterocycles. The van der Waals surface area contributed by atoms with Crippen LogP contribution >= 0.6 is 0 Å². The largest absolute Gasteiger partial charge is 0.460 e.